The maximum Gasteiger partial charge on any atom is 0.270 e. The number of hydrogen-bond acceptors (Lipinski definition) is 6. The number of nitrogens with one attached hydrogen (secondary N) is 1. The normalized spacial score (nSPS) is 14.3. The van der Waals surface area contributed by atoms with Crippen molar-refractivity contribution in [1.29, 1.82) is 0 Å². The fraction of sp³-hybridized carbons (Fsp3) is 0.333. The first-order chi connectivity index (χ1) is 13.9. The predicted molar refractivity (Wildman–Crippen MR) is 109 cm³/mol. The van der Waals surface area contributed by atoms with Gasteiger partial charge >= 0.3 is 0 Å². The number of Topliss-reactive ketones (excluding diaryl/α,β-unsaturated/α-hetero) is 1. The van der Waals surface area contributed by atoms with Crippen molar-refractivity contribution in [2.24, 2.45) is 5.92 Å². The highest BCUT2D eigenvalue weighted by atomic mass is 16.6. The minimum Gasteiger partial charge on any atom is -0.497 e. The van der Waals surface area contributed by atoms with Crippen LogP contribution in [0.4, 0.5) is 11.4 Å². The number of nitrogens with zero attached hydrogens (tertiary/aromatic N) is 2. The molecular formula is C21H23N3O5. The summed E-state index contributed by atoms with van der Waals surface area (Å²) >= 11 is 0. The van der Waals surface area contributed by atoms with Gasteiger partial charge in [-0.1, -0.05) is 0 Å². The predicted octanol–water partition coefficient (Wildman–Crippen LogP) is 3.06. The van der Waals surface area contributed by atoms with Crippen molar-refractivity contribution < 1.29 is 19.2 Å². The maximum absolute atomic E-state index is 12.8. The number of hydrogen-bond donors (Lipinski definition) is 1. The number of ketones is 1. The molecule has 0 unspecified atom stereocenters. The fourth-order valence-electron chi connectivity index (χ4n) is 3.60. The Kier molecular flexibility index (Phi) is 6.11. The van der Waals surface area contributed by atoms with E-state index in [4.69, 9.17) is 4.74 Å². The maximum atomic E-state index is 12.8. The summed E-state index contributed by atoms with van der Waals surface area (Å²) in [4.78, 5) is 37.6. The van der Waals surface area contributed by atoms with E-state index in [1.165, 1.54) is 19.2 Å². The number of piperidine rings is 1. The number of anilines is 1. The Hall–Kier alpha value is -3.42. The van der Waals surface area contributed by atoms with Crippen LogP contribution in [0.3, 0.4) is 0 Å². The quantitative estimate of drug-likeness (QED) is 0.457. The van der Waals surface area contributed by atoms with Gasteiger partial charge in [0, 0.05) is 43.8 Å². The van der Waals surface area contributed by atoms with Gasteiger partial charge in [-0.2, -0.15) is 0 Å². The number of carbonyl (C=O) groups excluding carboxylic acids is 2. The van der Waals surface area contributed by atoms with Crippen LogP contribution in [-0.4, -0.2) is 43.9 Å². The lowest BCUT2D eigenvalue weighted by Crippen LogP contribution is -2.37. The lowest BCUT2D eigenvalue weighted by Gasteiger charge is -2.34. The van der Waals surface area contributed by atoms with Crippen LogP contribution in [0.5, 0.6) is 5.75 Å². The van der Waals surface area contributed by atoms with Gasteiger partial charge in [-0.3, -0.25) is 19.7 Å². The van der Waals surface area contributed by atoms with E-state index in [0.29, 0.717) is 42.9 Å². The molecule has 1 aliphatic heterocycles. The minimum atomic E-state index is -0.518. The first kappa shape index (κ1) is 20.3. The zero-order valence-electron chi connectivity index (χ0n) is 16.4. The fourth-order valence-corrected chi connectivity index (χ4v) is 3.60. The molecule has 0 aromatic heterocycles. The summed E-state index contributed by atoms with van der Waals surface area (Å²) < 4.78 is 5.13. The summed E-state index contributed by atoms with van der Waals surface area (Å²) in [5.74, 6) is 0.333. The average Bonchev–Trinajstić information content (AvgIpc) is 2.77. The van der Waals surface area contributed by atoms with Crippen molar-refractivity contribution in [2.75, 3.05) is 32.1 Å². The van der Waals surface area contributed by atoms with Crippen LogP contribution in [0.25, 0.3) is 0 Å². The van der Waals surface area contributed by atoms with Crippen molar-refractivity contribution in [3.8, 4) is 5.75 Å². The largest absolute Gasteiger partial charge is 0.497 e. The number of rotatable bonds is 6. The second-order valence-electron chi connectivity index (χ2n) is 6.89. The number of nitro benzene ring substituents is 1. The number of methoxy groups -OCH3 is 1. The van der Waals surface area contributed by atoms with Crippen LogP contribution in [0.2, 0.25) is 0 Å². The number of nitro groups is 1. The number of ether oxygens (including phenoxy) is 1. The Bertz CT molecular complexity index is 918. The van der Waals surface area contributed by atoms with Crippen LogP contribution >= 0.6 is 0 Å². The van der Waals surface area contributed by atoms with E-state index in [1.54, 1.807) is 37.4 Å². The Morgan fingerprint density at radius 1 is 1.14 bits per heavy atom. The molecule has 152 valence electrons. The van der Waals surface area contributed by atoms with E-state index >= 15 is 0 Å². The highest BCUT2D eigenvalue weighted by Gasteiger charge is 2.28. The molecule has 1 N–H and O–H groups in total. The van der Waals surface area contributed by atoms with Gasteiger partial charge in [0.25, 0.3) is 11.6 Å². The molecular weight excluding hydrogens is 374 g/mol. The molecule has 1 saturated heterocycles. The summed E-state index contributed by atoms with van der Waals surface area (Å²) in [5, 5.41) is 13.6. The van der Waals surface area contributed by atoms with Crippen LogP contribution in [0.15, 0.2) is 42.5 Å². The van der Waals surface area contributed by atoms with E-state index in [2.05, 4.69) is 5.32 Å². The first-order valence-corrected chi connectivity index (χ1v) is 9.38. The topological polar surface area (TPSA) is 102 Å². The Morgan fingerprint density at radius 3 is 2.34 bits per heavy atom. The molecule has 0 aliphatic carbocycles. The molecule has 8 heteroatoms. The first-order valence-electron chi connectivity index (χ1n) is 9.38. The van der Waals surface area contributed by atoms with Gasteiger partial charge in [0.15, 0.2) is 5.78 Å². The standard InChI is InChI=1S/C21H23N3O5/c1-22-21(26)18-13-16(24(27)28)5-8-19(18)23-11-9-15(10-12-23)20(25)14-3-6-17(29-2)7-4-14/h3-8,13,15H,9-12H2,1-2H3,(H,22,26). The molecule has 0 bridgehead atoms. The Morgan fingerprint density at radius 2 is 1.79 bits per heavy atom. The van der Waals surface area contributed by atoms with E-state index in [0.717, 1.165) is 0 Å². The van der Waals surface area contributed by atoms with Crippen molar-refractivity contribution >= 4 is 23.1 Å². The van der Waals surface area contributed by atoms with Gasteiger partial charge in [0.1, 0.15) is 5.75 Å². The highest BCUT2D eigenvalue weighted by molar-refractivity contribution is 6.01. The molecule has 8 nitrogen and oxygen atoms in total. The molecule has 0 spiro atoms. The van der Waals surface area contributed by atoms with Gasteiger partial charge in [-0.25, -0.2) is 0 Å². The van der Waals surface area contributed by atoms with Crippen molar-refractivity contribution in [1.82, 2.24) is 5.32 Å². The lowest BCUT2D eigenvalue weighted by atomic mass is 9.88. The van der Waals surface area contributed by atoms with Crippen molar-refractivity contribution in [3.05, 3.63) is 63.7 Å². The molecule has 29 heavy (non-hydrogen) atoms. The summed E-state index contributed by atoms with van der Waals surface area (Å²) in [7, 11) is 3.07. The molecule has 0 atom stereocenters. The van der Waals surface area contributed by atoms with Gasteiger partial charge in [0.05, 0.1) is 23.3 Å². The number of non-ortho nitro benzene ring substituents is 1. The smallest absolute Gasteiger partial charge is 0.270 e. The summed E-state index contributed by atoms with van der Waals surface area (Å²) in [6, 6.07) is 11.4. The van der Waals surface area contributed by atoms with Crippen LogP contribution in [0, 0.1) is 16.0 Å². The van der Waals surface area contributed by atoms with E-state index in [1.807, 2.05) is 4.90 Å². The third-order valence-corrected chi connectivity index (χ3v) is 5.24. The highest BCUT2D eigenvalue weighted by Crippen LogP contribution is 2.30. The third kappa shape index (κ3) is 4.37. The number of benzene rings is 2. The molecule has 1 fully saturated rings. The van der Waals surface area contributed by atoms with Gasteiger partial charge in [-0.05, 0) is 43.2 Å². The summed E-state index contributed by atoms with van der Waals surface area (Å²) in [6.07, 6.45) is 1.30. The second kappa shape index (κ2) is 8.72. The van der Waals surface area contributed by atoms with E-state index in [9.17, 15) is 19.7 Å². The van der Waals surface area contributed by atoms with Crippen molar-refractivity contribution in [2.45, 2.75) is 12.8 Å². The average molecular weight is 397 g/mol. The Labute approximate surface area is 168 Å². The number of carbonyl (C=O) groups is 2. The van der Waals surface area contributed by atoms with Gasteiger partial charge < -0.3 is 15.0 Å². The number of amides is 1. The molecule has 3 rings (SSSR count). The zero-order chi connectivity index (χ0) is 21.0. The summed E-state index contributed by atoms with van der Waals surface area (Å²) in [5.41, 5.74) is 1.44. The minimum absolute atomic E-state index is 0.0962. The molecule has 1 aliphatic rings. The van der Waals surface area contributed by atoms with Crippen LogP contribution in [-0.2, 0) is 0 Å². The van der Waals surface area contributed by atoms with E-state index < -0.39 is 4.92 Å². The third-order valence-electron chi connectivity index (χ3n) is 5.24. The van der Waals surface area contributed by atoms with Gasteiger partial charge in [-0.15, -0.1) is 0 Å². The molecule has 2 aromatic rings. The SMILES string of the molecule is CNC(=O)c1cc([N+](=O)[O-])ccc1N1CCC(C(=O)c2ccc(OC)cc2)CC1. The van der Waals surface area contributed by atoms with Crippen LogP contribution < -0.4 is 15.0 Å². The molecule has 0 saturated carbocycles. The van der Waals surface area contributed by atoms with Crippen molar-refractivity contribution in [3.63, 3.8) is 0 Å². The van der Waals surface area contributed by atoms with Gasteiger partial charge in [0.2, 0.25) is 0 Å². The molecule has 0 radical (unpaired) electrons. The molecule has 1 heterocycles. The van der Waals surface area contributed by atoms with Crippen LogP contribution in [0.1, 0.15) is 33.6 Å². The zero-order valence-corrected chi connectivity index (χ0v) is 16.4. The second-order valence-corrected chi connectivity index (χ2v) is 6.89. The lowest BCUT2D eigenvalue weighted by molar-refractivity contribution is -0.384. The Balaban J connectivity index is 1.73. The molecule has 2 aromatic carbocycles. The summed E-state index contributed by atoms with van der Waals surface area (Å²) in [6.45, 7) is 1.18. The van der Waals surface area contributed by atoms with E-state index in [-0.39, 0.29) is 28.9 Å². The molecule has 1 amide bonds. The monoisotopic (exact) mass is 397 g/mol.